The lowest BCUT2D eigenvalue weighted by Gasteiger charge is -2.20. The fourth-order valence-electron chi connectivity index (χ4n) is 1.97. The highest BCUT2D eigenvalue weighted by Gasteiger charge is 2.14. The minimum absolute atomic E-state index is 0.0325. The molecule has 0 saturated carbocycles. The Morgan fingerprint density at radius 1 is 1.15 bits per heavy atom. The quantitative estimate of drug-likeness (QED) is 0.711. The Morgan fingerprint density at radius 2 is 1.80 bits per heavy atom. The molecule has 0 fully saturated rings. The van der Waals surface area contributed by atoms with Crippen LogP contribution in [0.15, 0.2) is 40.9 Å². The topological polar surface area (TPSA) is 12.0 Å². The zero-order valence-corrected chi connectivity index (χ0v) is 13.1. The molecule has 1 nitrogen and oxygen atoms in total. The number of rotatable bonds is 4. The third kappa shape index (κ3) is 3.49. The van der Waals surface area contributed by atoms with Crippen LogP contribution in [0.4, 0.5) is 14.5 Å². The Kier molecular flexibility index (Phi) is 5.00. The van der Waals surface area contributed by atoms with E-state index in [0.29, 0.717) is 15.2 Å². The lowest BCUT2D eigenvalue weighted by atomic mass is 10.0. The van der Waals surface area contributed by atoms with E-state index in [-0.39, 0.29) is 11.9 Å². The Labute approximate surface area is 130 Å². The first kappa shape index (κ1) is 15.3. The molecule has 1 atom stereocenters. The Bertz CT molecular complexity index is 578. The fourth-order valence-corrected chi connectivity index (χ4v) is 2.89. The average molecular weight is 361 g/mol. The number of hydrogen-bond acceptors (Lipinski definition) is 1. The van der Waals surface area contributed by atoms with Crippen LogP contribution in [0.5, 0.6) is 0 Å². The molecule has 0 bridgehead atoms. The highest BCUT2D eigenvalue weighted by molar-refractivity contribution is 9.10. The maximum Gasteiger partial charge on any atom is 0.125 e. The van der Waals surface area contributed by atoms with Crippen molar-refractivity contribution in [3.8, 4) is 0 Å². The van der Waals surface area contributed by atoms with Gasteiger partial charge in [0.25, 0.3) is 0 Å². The Hall–Kier alpha value is -1.13. The van der Waals surface area contributed by atoms with Gasteiger partial charge in [-0.2, -0.15) is 0 Å². The van der Waals surface area contributed by atoms with E-state index < -0.39 is 5.82 Å². The minimum atomic E-state index is -0.401. The second-order valence-electron chi connectivity index (χ2n) is 4.40. The van der Waals surface area contributed by atoms with Crippen molar-refractivity contribution in [3.05, 3.63) is 63.1 Å². The molecule has 0 saturated heterocycles. The molecule has 0 heterocycles. The van der Waals surface area contributed by atoms with Crippen LogP contribution in [0, 0.1) is 11.6 Å². The lowest BCUT2D eigenvalue weighted by Crippen LogP contribution is -2.10. The van der Waals surface area contributed by atoms with Gasteiger partial charge >= 0.3 is 0 Å². The normalized spacial score (nSPS) is 12.2. The zero-order valence-electron chi connectivity index (χ0n) is 10.8. The highest BCUT2D eigenvalue weighted by atomic mass is 79.9. The Morgan fingerprint density at radius 3 is 2.35 bits per heavy atom. The van der Waals surface area contributed by atoms with Crippen LogP contribution < -0.4 is 5.32 Å². The van der Waals surface area contributed by atoms with Crippen molar-refractivity contribution < 1.29 is 8.78 Å². The monoisotopic (exact) mass is 359 g/mol. The lowest BCUT2D eigenvalue weighted by molar-refractivity contribution is 0.624. The van der Waals surface area contributed by atoms with Gasteiger partial charge < -0.3 is 5.32 Å². The molecular weight excluding hydrogens is 348 g/mol. The van der Waals surface area contributed by atoms with Crippen LogP contribution in [0.1, 0.15) is 24.9 Å². The van der Waals surface area contributed by atoms with Gasteiger partial charge in [-0.05, 0) is 52.2 Å². The summed E-state index contributed by atoms with van der Waals surface area (Å²) in [5, 5.41) is 3.56. The maximum atomic E-state index is 13.2. The third-order valence-corrected chi connectivity index (χ3v) is 3.93. The standard InChI is InChI=1S/C15H13BrClF2N/c1-2-14(9-3-5-10(18)6-4-9)20-15-12(16)7-11(19)8-13(15)17/h3-8,14,20H,2H2,1H3. The largest absolute Gasteiger partial charge is 0.376 e. The van der Waals surface area contributed by atoms with E-state index >= 15 is 0 Å². The number of nitrogens with one attached hydrogen (secondary N) is 1. The minimum Gasteiger partial charge on any atom is -0.376 e. The maximum absolute atomic E-state index is 13.2. The summed E-state index contributed by atoms with van der Waals surface area (Å²) in [6, 6.07) is 8.86. The summed E-state index contributed by atoms with van der Waals surface area (Å²) in [6.07, 6.45) is 0.784. The molecule has 2 aromatic carbocycles. The molecule has 0 aliphatic rings. The average Bonchev–Trinajstić information content (AvgIpc) is 2.39. The van der Waals surface area contributed by atoms with Gasteiger partial charge in [-0.3, -0.25) is 0 Å². The molecular formula is C15H13BrClF2N. The summed E-state index contributed by atoms with van der Waals surface area (Å²) < 4.78 is 26.7. The first-order chi connectivity index (χ1) is 9.51. The third-order valence-electron chi connectivity index (χ3n) is 3.01. The van der Waals surface area contributed by atoms with Gasteiger partial charge in [0.2, 0.25) is 0 Å². The predicted molar refractivity (Wildman–Crippen MR) is 82.2 cm³/mol. The molecule has 0 amide bonds. The van der Waals surface area contributed by atoms with Crippen molar-refractivity contribution in [1.29, 1.82) is 0 Å². The SMILES string of the molecule is CCC(Nc1c(Cl)cc(F)cc1Br)c1ccc(F)cc1. The molecule has 0 aliphatic heterocycles. The summed E-state index contributed by atoms with van der Waals surface area (Å²) >= 11 is 9.35. The van der Waals surface area contributed by atoms with Gasteiger partial charge in [-0.1, -0.05) is 30.7 Å². The van der Waals surface area contributed by atoms with Gasteiger partial charge in [0.15, 0.2) is 0 Å². The molecule has 2 aromatic rings. The fraction of sp³-hybridized carbons (Fsp3) is 0.200. The van der Waals surface area contributed by atoms with Crippen molar-refractivity contribution in [2.45, 2.75) is 19.4 Å². The molecule has 5 heteroatoms. The molecule has 0 radical (unpaired) electrons. The van der Waals surface area contributed by atoms with Gasteiger partial charge in [0.1, 0.15) is 11.6 Å². The van der Waals surface area contributed by atoms with Crippen LogP contribution in [0.2, 0.25) is 5.02 Å². The summed E-state index contributed by atoms with van der Waals surface area (Å²) in [4.78, 5) is 0. The molecule has 106 valence electrons. The van der Waals surface area contributed by atoms with Crippen LogP contribution in [0.3, 0.4) is 0 Å². The highest BCUT2D eigenvalue weighted by Crippen LogP contribution is 2.35. The second kappa shape index (κ2) is 6.55. The van der Waals surface area contributed by atoms with E-state index in [9.17, 15) is 8.78 Å². The number of anilines is 1. The van der Waals surface area contributed by atoms with Gasteiger partial charge in [-0.25, -0.2) is 8.78 Å². The number of halogens is 4. The van der Waals surface area contributed by atoms with Gasteiger partial charge in [-0.15, -0.1) is 0 Å². The summed E-state index contributed by atoms with van der Waals surface area (Å²) in [5.74, 6) is -0.674. The zero-order chi connectivity index (χ0) is 14.7. The van der Waals surface area contributed by atoms with Crippen molar-refractivity contribution in [3.63, 3.8) is 0 Å². The van der Waals surface area contributed by atoms with E-state index in [1.54, 1.807) is 12.1 Å². The van der Waals surface area contributed by atoms with E-state index in [1.807, 2.05) is 6.92 Å². The van der Waals surface area contributed by atoms with Crippen molar-refractivity contribution in [2.75, 3.05) is 5.32 Å². The second-order valence-corrected chi connectivity index (χ2v) is 5.66. The van der Waals surface area contributed by atoms with E-state index in [1.165, 1.54) is 24.3 Å². The van der Waals surface area contributed by atoms with E-state index in [2.05, 4.69) is 21.2 Å². The Balaban J connectivity index is 2.29. The van der Waals surface area contributed by atoms with E-state index in [0.717, 1.165) is 12.0 Å². The summed E-state index contributed by atoms with van der Waals surface area (Å²) in [6.45, 7) is 2.01. The molecule has 2 rings (SSSR count). The van der Waals surface area contributed by atoms with Gasteiger partial charge in [0.05, 0.1) is 16.8 Å². The van der Waals surface area contributed by atoms with Crippen molar-refractivity contribution >= 4 is 33.2 Å². The summed E-state index contributed by atoms with van der Waals surface area (Å²) in [5.41, 5.74) is 1.57. The molecule has 20 heavy (non-hydrogen) atoms. The first-order valence-corrected chi connectivity index (χ1v) is 7.35. The van der Waals surface area contributed by atoms with Crippen molar-refractivity contribution in [2.24, 2.45) is 0 Å². The van der Waals surface area contributed by atoms with Crippen LogP contribution >= 0.6 is 27.5 Å². The number of hydrogen-bond donors (Lipinski definition) is 1. The smallest absolute Gasteiger partial charge is 0.125 e. The molecule has 0 spiro atoms. The van der Waals surface area contributed by atoms with Crippen molar-refractivity contribution in [1.82, 2.24) is 0 Å². The predicted octanol–water partition coefficient (Wildman–Crippen LogP) is 5.94. The summed E-state index contributed by atoms with van der Waals surface area (Å²) in [7, 11) is 0. The molecule has 0 aromatic heterocycles. The van der Waals surface area contributed by atoms with E-state index in [4.69, 9.17) is 11.6 Å². The molecule has 1 N–H and O–H groups in total. The molecule has 0 aliphatic carbocycles. The van der Waals surface area contributed by atoms with Crippen LogP contribution in [-0.4, -0.2) is 0 Å². The number of benzene rings is 2. The van der Waals surface area contributed by atoms with Crippen LogP contribution in [0.25, 0.3) is 0 Å². The van der Waals surface area contributed by atoms with Gasteiger partial charge in [0, 0.05) is 4.47 Å². The molecule has 1 unspecified atom stereocenters. The van der Waals surface area contributed by atoms with Crippen LogP contribution in [-0.2, 0) is 0 Å². The first-order valence-electron chi connectivity index (χ1n) is 6.17.